The summed E-state index contributed by atoms with van der Waals surface area (Å²) in [5.41, 5.74) is 2.67. The van der Waals surface area contributed by atoms with Crippen molar-refractivity contribution in [3.8, 4) is 11.5 Å². The molecule has 0 fully saturated rings. The minimum atomic E-state index is -4.25. The molecular weight excluding hydrogens is 304 g/mol. The van der Waals surface area contributed by atoms with Gasteiger partial charge in [-0.2, -0.15) is 8.42 Å². The Morgan fingerprint density at radius 3 is 2.36 bits per heavy atom. The molecule has 1 N–H and O–H groups in total. The van der Waals surface area contributed by atoms with Gasteiger partial charge in [-0.3, -0.25) is 4.55 Å². The summed E-state index contributed by atoms with van der Waals surface area (Å²) >= 11 is 0. The number of nitrogens with zero attached hydrogens (tertiary/aromatic N) is 2. The van der Waals surface area contributed by atoms with E-state index in [9.17, 15) is 8.42 Å². The Bertz CT molecular complexity index is 928. The molecule has 1 aromatic heterocycles. The average Bonchev–Trinajstić information content (AvgIpc) is 2.89. The molecule has 2 aromatic carbocycles. The largest absolute Gasteiger partial charge is 0.436 e. The fraction of sp³-hybridized carbons (Fsp3) is 0.133. The van der Waals surface area contributed by atoms with Crippen molar-refractivity contribution in [3.05, 3.63) is 42.5 Å². The van der Waals surface area contributed by atoms with E-state index < -0.39 is 10.1 Å². The smallest absolute Gasteiger partial charge is 0.294 e. The molecule has 0 atom stereocenters. The molecule has 6 nitrogen and oxygen atoms in total. The van der Waals surface area contributed by atoms with Crippen molar-refractivity contribution in [2.45, 2.75) is 4.90 Å². The Kier molecular flexibility index (Phi) is 3.38. The van der Waals surface area contributed by atoms with Gasteiger partial charge in [-0.25, -0.2) is 4.98 Å². The predicted molar refractivity (Wildman–Crippen MR) is 83.6 cm³/mol. The van der Waals surface area contributed by atoms with Crippen LogP contribution < -0.4 is 4.90 Å². The summed E-state index contributed by atoms with van der Waals surface area (Å²) in [6.45, 7) is 0. The van der Waals surface area contributed by atoms with Crippen LogP contribution in [-0.2, 0) is 10.1 Å². The number of benzene rings is 2. The van der Waals surface area contributed by atoms with Crippen molar-refractivity contribution in [2.75, 3.05) is 19.0 Å². The van der Waals surface area contributed by atoms with Crippen molar-refractivity contribution in [2.24, 2.45) is 0 Å². The van der Waals surface area contributed by atoms with Crippen LogP contribution in [0.3, 0.4) is 0 Å². The number of hydrogen-bond donors (Lipinski definition) is 1. The van der Waals surface area contributed by atoms with Crippen LogP contribution >= 0.6 is 0 Å². The maximum absolute atomic E-state index is 11.1. The second-order valence-corrected chi connectivity index (χ2v) is 6.49. The van der Waals surface area contributed by atoms with E-state index >= 15 is 0 Å². The zero-order valence-corrected chi connectivity index (χ0v) is 12.8. The van der Waals surface area contributed by atoms with Gasteiger partial charge in [-0.15, -0.1) is 0 Å². The molecule has 0 aliphatic rings. The van der Waals surface area contributed by atoms with Crippen LogP contribution in [0.15, 0.2) is 51.8 Å². The number of oxazole rings is 1. The summed E-state index contributed by atoms with van der Waals surface area (Å²) in [5.74, 6) is 0.396. The second kappa shape index (κ2) is 5.11. The fourth-order valence-electron chi connectivity index (χ4n) is 2.09. The van der Waals surface area contributed by atoms with Gasteiger partial charge >= 0.3 is 0 Å². The van der Waals surface area contributed by atoms with Crippen LogP contribution in [-0.4, -0.2) is 32.0 Å². The van der Waals surface area contributed by atoms with E-state index in [1.807, 2.05) is 43.3 Å². The molecule has 7 heteroatoms. The summed E-state index contributed by atoms with van der Waals surface area (Å²) in [6, 6.07) is 11.7. The number of aromatic nitrogens is 1. The first-order valence-corrected chi connectivity index (χ1v) is 7.94. The SMILES string of the molecule is CN(C)c1ccc(-c2nc3cc(S(=O)(=O)O)ccc3o2)cc1. The topological polar surface area (TPSA) is 83.6 Å². The first-order chi connectivity index (χ1) is 10.3. The van der Waals surface area contributed by atoms with Crippen molar-refractivity contribution >= 4 is 26.9 Å². The summed E-state index contributed by atoms with van der Waals surface area (Å²) in [4.78, 5) is 6.05. The lowest BCUT2D eigenvalue weighted by Gasteiger charge is -2.11. The molecule has 0 radical (unpaired) electrons. The van der Waals surface area contributed by atoms with Gasteiger partial charge in [-0.1, -0.05) is 0 Å². The molecule has 0 bridgehead atoms. The van der Waals surface area contributed by atoms with Crippen molar-refractivity contribution in [1.29, 1.82) is 0 Å². The monoisotopic (exact) mass is 318 g/mol. The Morgan fingerprint density at radius 1 is 1.09 bits per heavy atom. The number of anilines is 1. The third kappa shape index (κ3) is 2.68. The first kappa shape index (κ1) is 14.6. The van der Waals surface area contributed by atoms with Crippen molar-refractivity contribution < 1.29 is 17.4 Å². The Balaban J connectivity index is 2.05. The highest BCUT2D eigenvalue weighted by molar-refractivity contribution is 7.85. The van der Waals surface area contributed by atoms with Crippen molar-refractivity contribution in [3.63, 3.8) is 0 Å². The third-order valence-electron chi connectivity index (χ3n) is 3.29. The quantitative estimate of drug-likeness (QED) is 0.748. The normalized spacial score (nSPS) is 11.8. The minimum Gasteiger partial charge on any atom is -0.436 e. The molecule has 0 unspecified atom stereocenters. The van der Waals surface area contributed by atoms with Crippen LogP contribution in [0.25, 0.3) is 22.6 Å². The second-order valence-electron chi connectivity index (χ2n) is 5.06. The summed E-state index contributed by atoms with van der Waals surface area (Å²) < 4.78 is 37.0. The van der Waals surface area contributed by atoms with Gasteiger partial charge in [0.15, 0.2) is 5.58 Å². The molecule has 3 aromatic rings. The Morgan fingerprint density at radius 2 is 1.77 bits per heavy atom. The van der Waals surface area contributed by atoms with Crippen LogP contribution in [0.2, 0.25) is 0 Å². The molecule has 0 amide bonds. The van der Waals surface area contributed by atoms with Gasteiger partial charge in [0, 0.05) is 25.3 Å². The van der Waals surface area contributed by atoms with E-state index in [0.717, 1.165) is 11.3 Å². The first-order valence-electron chi connectivity index (χ1n) is 6.50. The Labute approximate surface area is 127 Å². The highest BCUT2D eigenvalue weighted by atomic mass is 32.2. The van der Waals surface area contributed by atoms with E-state index in [1.54, 1.807) is 0 Å². The highest BCUT2D eigenvalue weighted by Gasteiger charge is 2.14. The molecule has 22 heavy (non-hydrogen) atoms. The summed E-state index contributed by atoms with van der Waals surface area (Å²) in [6.07, 6.45) is 0. The molecule has 0 aliphatic heterocycles. The lowest BCUT2D eigenvalue weighted by Crippen LogP contribution is -2.07. The summed E-state index contributed by atoms with van der Waals surface area (Å²) in [7, 11) is -0.353. The molecular formula is C15H14N2O4S. The standard InChI is InChI=1S/C15H14N2O4S/c1-17(2)11-5-3-10(4-6-11)15-16-13-9-12(22(18,19)20)7-8-14(13)21-15/h3-9H,1-2H3,(H,18,19,20). The van der Waals surface area contributed by atoms with Crippen LogP contribution in [0.5, 0.6) is 0 Å². The average molecular weight is 318 g/mol. The third-order valence-corrected chi connectivity index (χ3v) is 4.14. The molecule has 0 saturated carbocycles. The van der Waals surface area contributed by atoms with Crippen LogP contribution in [0, 0.1) is 0 Å². The van der Waals surface area contributed by atoms with E-state index in [4.69, 9.17) is 8.97 Å². The van der Waals surface area contributed by atoms with E-state index in [0.29, 0.717) is 17.0 Å². The zero-order chi connectivity index (χ0) is 15.9. The van der Waals surface area contributed by atoms with Gasteiger partial charge in [0.05, 0.1) is 4.90 Å². The van der Waals surface area contributed by atoms with E-state index in [-0.39, 0.29) is 4.90 Å². The molecule has 0 aliphatic carbocycles. The van der Waals surface area contributed by atoms with E-state index in [1.165, 1.54) is 18.2 Å². The number of fused-ring (bicyclic) bond motifs is 1. The van der Waals surface area contributed by atoms with Crippen LogP contribution in [0.4, 0.5) is 5.69 Å². The fourth-order valence-corrected chi connectivity index (χ4v) is 2.59. The minimum absolute atomic E-state index is 0.206. The molecule has 1 heterocycles. The summed E-state index contributed by atoms with van der Waals surface area (Å²) in [5, 5.41) is 0. The highest BCUT2D eigenvalue weighted by Crippen LogP contribution is 2.27. The number of rotatable bonds is 3. The lowest BCUT2D eigenvalue weighted by atomic mass is 10.2. The number of hydrogen-bond acceptors (Lipinski definition) is 5. The molecule has 0 spiro atoms. The van der Waals surface area contributed by atoms with Gasteiger partial charge in [0.1, 0.15) is 5.52 Å². The zero-order valence-electron chi connectivity index (χ0n) is 12.0. The Hall–Kier alpha value is -2.38. The van der Waals surface area contributed by atoms with Gasteiger partial charge < -0.3 is 9.32 Å². The molecule has 114 valence electrons. The molecule has 3 rings (SSSR count). The predicted octanol–water partition coefficient (Wildman–Crippen LogP) is 2.81. The lowest BCUT2D eigenvalue weighted by molar-refractivity contribution is 0.483. The van der Waals surface area contributed by atoms with Gasteiger partial charge in [0.25, 0.3) is 10.1 Å². The maximum atomic E-state index is 11.1. The maximum Gasteiger partial charge on any atom is 0.294 e. The van der Waals surface area contributed by atoms with E-state index in [2.05, 4.69) is 4.98 Å². The van der Waals surface area contributed by atoms with Gasteiger partial charge in [0.2, 0.25) is 5.89 Å². The van der Waals surface area contributed by atoms with Crippen molar-refractivity contribution in [1.82, 2.24) is 4.98 Å². The van der Waals surface area contributed by atoms with Crippen LogP contribution in [0.1, 0.15) is 0 Å². The molecule has 0 saturated heterocycles. The van der Waals surface area contributed by atoms with Gasteiger partial charge in [-0.05, 0) is 42.5 Å².